The molecule has 0 bridgehead atoms. The second-order valence-electron chi connectivity index (χ2n) is 4.89. The Labute approximate surface area is 113 Å². The second-order valence-corrected chi connectivity index (χ2v) is 4.89. The Morgan fingerprint density at radius 3 is 2.84 bits per heavy atom. The molecule has 1 heterocycles. The lowest BCUT2D eigenvalue weighted by Gasteiger charge is -2.36. The van der Waals surface area contributed by atoms with E-state index in [1.165, 1.54) is 12.1 Å². The van der Waals surface area contributed by atoms with Gasteiger partial charge in [-0.3, -0.25) is 4.90 Å². The standard InChI is InChI=1S/C15H20FNO2/c1-12-11-19-15(10-18)9-17(12)8-2-3-13-4-6-14(16)7-5-13/h2-7,12,15,18H,8-11H2,1H3/b3-2+/t12-,15-/m0/s1. The summed E-state index contributed by atoms with van der Waals surface area (Å²) in [6.45, 7) is 4.36. The van der Waals surface area contributed by atoms with Crippen molar-refractivity contribution in [2.24, 2.45) is 0 Å². The van der Waals surface area contributed by atoms with Crippen molar-refractivity contribution in [2.75, 3.05) is 26.3 Å². The molecule has 0 aromatic heterocycles. The van der Waals surface area contributed by atoms with Gasteiger partial charge in [0.25, 0.3) is 0 Å². The number of ether oxygens (including phenoxy) is 1. The van der Waals surface area contributed by atoms with Gasteiger partial charge in [0.1, 0.15) is 5.82 Å². The van der Waals surface area contributed by atoms with Crippen molar-refractivity contribution in [3.8, 4) is 0 Å². The highest BCUT2D eigenvalue weighted by Gasteiger charge is 2.24. The van der Waals surface area contributed by atoms with Gasteiger partial charge in [-0.25, -0.2) is 4.39 Å². The number of benzene rings is 1. The van der Waals surface area contributed by atoms with Crippen molar-refractivity contribution < 1.29 is 14.2 Å². The van der Waals surface area contributed by atoms with Crippen LogP contribution in [0.3, 0.4) is 0 Å². The third-order valence-corrected chi connectivity index (χ3v) is 3.36. The van der Waals surface area contributed by atoms with Crippen LogP contribution in [0.15, 0.2) is 30.3 Å². The first-order valence-electron chi connectivity index (χ1n) is 6.57. The Morgan fingerprint density at radius 1 is 1.42 bits per heavy atom. The lowest BCUT2D eigenvalue weighted by atomic mass is 10.1. The average Bonchev–Trinajstić information content (AvgIpc) is 2.43. The number of rotatable bonds is 4. The molecule has 0 amide bonds. The van der Waals surface area contributed by atoms with Crippen LogP contribution in [0.4, 0.5) is 4.39 Å². The minimum Gasteiger partial charge on any atom is -0.394 e. The lowest BCUT2D eigenvalue weighted by Crippen LogP contribution is -2.49. The van der Waals surface area contributed by atoms with Crippen LogP contribution in [-0.4, -0.2) is 48.5 Å². The Hall–Kier alpha value is -1.23. The third-order valence-electron chi connectivity index (χ3n) is 3.36. The van der Waals surface area contributed by atoms with E-state index in [9.17, 15) is 4.39 Å². The molecule has 19 heavy (non-hydrogen) atoms. The Kier molecular flexibility index (Phi) is 5.07. The molecule has 2 atom stereocenters. The van der Waals surface area contributed by atoms with Crippen LogP contribution in [0.5, 0.6) is 0 Å². The number of nitrogens with zero attached hydrogens (tertiary/aromatic N) is 1. The van der Waals surface area contributed by atoms with Gasteiger partial charge >= 0.3 is 0 Å². The summed E-state index contributed by atoms with van der Waals surface area (Å²) in [5.74, 6) is -0.218. The van der Waals surface area contributed by atoms with Crippen molar-refractivity contribution in [3.63, 3.8) is 0 Å². The van der Waals surface area contributed by atoms with Crippen LogP contribution in [0.25, 0.3) is 6.08 Å². The highest BCUT2D eigenvalue weighted by molar-refractivity contribution is 5.48. The van der Waals surface area contributed by atoms with Crippen molar-refractivity contribution in [1.29, 1.82) is 0 Å². The molecule has 1 aliphatic heterocycles. The number of morpholine rings is 1. The van der Waals surface area contributed by atoms with Crippen LogP contribution in [0.2, 0.25) is 0 Å². The first kappa shape index (κ1) is 14.2. The maximum atomic E-state index is 12.8. The van der Waals surface area contributed by atoms with Gasteiger partial charge in [0.05, 0.1) is 19.3 Å². The number of halogens is 1. The quantitative estimate of drug-likeness (QED) is 0.903. The molecule has 1 N–H and O–H groups in total. The Balaban J connectivity index is 1.88. The van der Waals surface area contributed by atoms with Crippen LogP contribution in [0, 0.1) is 5.82 Å². The summed E-state index contributed by atoms with van der Waals surface area (Å²) in [5, 5.41) is 9.12. The first-order valence-corrected chi connectivity index (χ1v) is 6.57. The first-order chi connectivity index (χ1) is 9.19. The van der Waals surface area contributed by atoms with Crippen molar-refractivity contribution in [3.05, 3.63) is 41.7 Å². The molecular weight excluding hydrogens is 245 g/mol. The minimum atomic E-state index is -0.218. The smallest absolute Gasteiger partial charge is 0.123 e. The van der Waals surface area contributed by atoms with E-state index in [0.717, 1.165) is 18.7 Å². The average molecular weight is 265 g/mol. The lowest BCUT2D eigenvalue weighted by molar-refractivity contribution is -0.0741. The van der Waals surface area contributed by atoms with Crippen LogP contribution < -0.4 is 0 Å². The molecule has 4 heteroatoms. The van der Waals surface area contributed by atoms with Gasteiger partial charge in [0, 0.05) is 19.1 Å². The van der Waals surface area contributed by atoms with Gasteiger partial charge in [-0.1, -0.05) is 24.3 Å². The van der Waals surface area contributed by atoms with Crippen molar-refractivity contribution >= 4 is 6.08 Å². The zero-order valence-electron chi connectivity index (χ0n) is 11.1. The highest BCUT2D eigenvalue weighted by atomic mass is 19.1. The molecule has 0 aliphatic carbocycles. The number of hydrogen-bond donors (Lipinski definition) is 1. The second kappa shape index (κ2) is 6.80. The van der Waals surface area contributed by atoms with E-state index >= 15 is 0 Å². The predicted octanol–water partition coefficient (Wildman–Crippen LogP) is 1.92. The molecule has 104 valence electrons. The fourth-order valence-electron chi connectivity index (χ4n) is 2.14. The van der Waals surface area contributed by atoms with Gasteiger partial charge in [-0.2, -0.15) is 0 Å². The molecule has 3 nitrogen and oxygen atoms in total. The topological polar surface area (TPSA) is 32.7 Å². The summed E-state index contributed by atoms with van der Waals surface area (Å²) in [5.41, 5.74) is 0.987. The van der Waals surface area contributed by atoms with E-state index in [4.69, 9.17) is 9.84 Å². The molecular formula is C15H20FNO2. The Bertz CT molecular complexity index is 419. The zero-order chi connectivity index (χ0) is 13.7. The Morgan fingerprint density at radius 2 is 2.16 bits per heavy atom. The van der Waals surface area contributed by atoms with E-state index in [2.05, 4.69) is 17.9 Å². The molecule has 1 saturated heterocycles. The van der Waals surface area contributed by atoms with Gasteiger partial charge in [0.15, 0.2) is 0 Å². The maximum absolute atomic E-state index is 12.8. The normalized spacial score (nSPS) is 25.0. The summed E-state index contributed by atoms with van der Waals surface area (Å²) >= 11 is 0. The molecule has 1 fully saturated rings. The summed E-state index contributed by atoms with van der Waals surface area (Å²) in [6, 6.07) is 6.77. The summed E-state index contributed by atoms with van der Waals surface area (Å²) in [6.07, 6.45) is 3.95. The van der Waals surface area contributed by atoms with Crippen LogP contribution in [0.1, 0.15) is 12.5 Å². The van der Waals surface area contributed by atoms with Gasteiger partial charge in [0.2, 0.25) is 0 Å². The van der Waals surface area contributed by atoms with E-state index in [1.807, 2.05) is 6.08 Å². The molecule has 0 radical (unpaired) electrons. The summed E-state index contributed by atoms with van der Waals surface area (Å²) < 4.78 is 18.3. The predicted molar refractivity (Wildman–Crippen MR) is 73.3 cm³/mol. The van der Waals surface area contributed by atoms with Crippen LogP contribution in [-0.2, 0) is 4.74 Å². The van der Waals surface area contributed by atoms with E-state index in [1.54, 1.807) is 12.1 Å². The molecule has 0 saturated carbocycles. The summed E-state index contributed by atoms with van der Waals surface area (Å²) in [7, 11) is 0. The number of aliphatic hydroxyl groups is 1. The molecule has 1 aromatic carbocycles. The van der Waals surface area contributed by atoms with E-state index < -0.39 is 0 Å². The van der Waals surface area contributed by atoms with Gasteiger partial charge in [-0.15, -0.1) is 0 Å². The van der Waals surface area contributed by atoms with E-state index in [-0.39, 0.29) is 18.5 Å². The fourth-order valence-corrected chi connectivity index (χ4v) is 2.14. The van der Waals surface area contributed by atoms with Crippen LogP contribution >= 0.6 is 0 Å². The molecule has 0 unspecified atom stereocenters. The maximum Gasteiger partial charge on any atom is 0.123 e. The SMILES string of the molecule is C[C@H]1CO[C@H](CO)CN1C/C=C/c1ccc(F)cc1. The van der Waals surface area contributed by atoms with E-state index in [0.29, 0.717) is 12.6 Å². The molecule has 1 aliphatic rings. The fraction of sp³-hybridized carbons (Fsp3) is 0.467. The third kappa shape index (κ3) is 4.13. The monoisotopic (exact) mass is 265 g/mol. The number of aliphatic hydroxyl groups excluding tert-OH is 1. The number of hydrogen-bond acceptors (Lipinski definition) is 3. The molecule has 2 rings (SSSR count). The van der Waals surface area contributed by atoms with Gasteiger partial charge in [-0.05, 0) is 24.6 Å². The zero-order valence-corrected chi connectivity index (χ0v) is 11.1. The largest absolute Gasteiger partial charge is 0.394 e. The van der Waals surface area contributed by atoms with Crippen molar-refractivity contribution in [1.82, 2.24) is 4.90 Å². The van der Waals surface area contributed by atoms with Crippen molar-refractivity contribution in [2.45, 2.75) is 19.1 Å². The molecule has 0 spiro atoms. The minimum absolute atomic E-state index is 0.0604. The summed E-state index contributed by atoms with van der Waals surface area (Å²) in [4.78, 5) is 2.27. The highest BCUT2D eigenvalue weighted by Crippen LogP contribution is 2.12. The van der Waals surface area contributed by atoms with Gasteiger partial charge < -0.3 is 9.84 Å². The molecule has 1 aromatic rings.